The Bertz CT molecular complexity index is 700. The van der Waals surface area contributed by atoms with Crippen LogP contribution in [0.25, 0.3) is 11.3 Å². The molecule has 0 atom stereocenters. The smallest absolute Gasteiger partial charge is 0.266 e. The van der Waals surface area contributed by atoms with Gasteiger partial charge in [0, 0.05) is 17.5 Å². The van der Waals surface area contributed by atoms with Crippen LogP contribution in [-0.4, -0.2) is 15.5 Å². The topological polar surface area (TPSA) is 60.9 Å². The van der Waals surface area contributed by atoms with Gasteiger partial charge in [-0.1, -0.05) is 6.42 Å². The van der Waals surface area contributed by atoms with Gasteiger partial charge in [-0.3, -0.25) is 9.36 Å². The third-order valence-corrected chi connectivity index (χ3v) is 4.19. The lowest BCUT2D eigenvalue weighted by Gasteiger charge is -2.12. The number of anilines is 1. The van der Waals surface area contributed by atoms with Crippen LogP contribution in [0.4, 0.5) is 5.82 Å². The fourth-order valence-electron chi connectivity index (χ4n) is 3.32. The molecule has 0 amide bonds. The van der Waals surface area contributed by atoms with Gasteiger partial charge >= 0.3 is 0 Å². The minimum absolute atomic E-state index is 0.0351. The number of carbonyl (C=O) groups excluding carboxylic acids is 1. The molecular weight excluding hydrogens is 238 g/mol. The van der Waals surface area contributed by atoms with Crippen LogP contribution in [0, 0.1) is 0 Å². The Kier molecular flexibility index (Phi) is 2.10. The molecule has 2 aromatic heterocycles. The summed E-state index contributed by atoms with van der Waals surface area (Å²) in [5.74, 6) is 0.358. The number of nitrogens with two attached hydrogens (primary N) is 1. The molecule has 2 aliphatic rings. The Morgan fingerprint density at radius 1 is 1.16 bits per heavy atom. The highest BCUT2D eigenvalue weighted by Gasteiger charge is 2.33. The molecule has 4 heteroatoms. The molecule has 2 aromatic rings. The number of carbonyl (C=O) groups is 1. The number of aromatic nitrogens is 2. The van der Waals surface area contributed by atoms with Crippen molar-refractivity contribution in [1.29, 1.82) is 0 Å². The molecule has 19 heavy (non-hydrogen) atoms. The van der Waals surface area contributed by atoms with Crippen LogP contribution in [0.2, 0.25) is 0 Å². The third-order valence-electron chi connectivity index (χ3n) is 4.19. The van der Waals surface area contributed by atoms with E-state index in [4.69, 9.17) is 5.73 Å². The van der Waals surface area contributed by atoms with Gasteiger partial charge in [-0.2, -0.15) is 0 Å². The highest BCUT2D eigenvalue weighted by molar-refractivity contribution is 6.12. The maximum Gasteiger partial charge on any atom is 0.266 e. The van der Waals surface area contributed by atoms with E-state index >= 15 is 0 Å². The minimum atomic E-state index is -0.0351. The Morgan fingerprint density at radius 2 is 2.00 bits per heavy atom. The summed E-state index contributed by atoms with van der Waals surface area (Å²) in [5.41, 5.74) is 11.0. The number of fused-ring (bicyclic) bond motifs is 5. The van der Waals surface area contributed by atoms with Crippen molar-refractivity contribution in [1.82, 2.24) is 9.55 Å². The van der Waals surface area contributed by atoms with Gasteiger partial charge in [0.15, 0.2) is 0 Å². The Morgan fingerprint density at radius 3 is 2.89 bits per heavy atom. The van der Waals surface area contributed by atoms with Crippen molar-refractivity contribution < 1.29 is 4.79 Å². The van der Waals surface area contributed by atoms with Gasteiger partial charge in [0.2, 0.25) is 0 Å². The maximum atomic E-state index is 12.4. The van der Waals surface area contributed by atoms with E-state index in [2.05, 4.69) is 4.98 Å². The highest BCUT2D eigenvalue weighted by Crippen LogP contribution is 2.40. The average Bonchev–Trinajstić information content (AvgIpc) is 2.88. The van der Waals surface area contributed by atoms with Crippen molar-refractivity contribution in [2.75, 3.05) is 5.73 Å². The Labute approximate surface area is 111 Å². The van der Waals surface area contributed by atoms with Crippen LogP contribution >= 0.6 is 0 Å². The molecule has 4 rings (SSSR count). The molecule has 0 saturated heterocycles. The zero-order chi connectivity index (χ0) is 13.0. The molecule has 0 aromatic carbocycles. The van der Waals surface area contributed by atoms with Gasteiger partial charge in [0.25, 0.3) is 5.91 Å². The van der Waals surface area contributed by atoms with Crippen molar-refractivity contribution in [3.8, 4) is 11.3 Å². The summed E-state index contributed by atoms with van der Waals surface area (Å²) in [6.07, 6.45) is 7.33. The molecular formula is C15H15N3O. The summed E-state index contributed by atoms with van der Waals surface area (Å²) in [4.78, 5) is 16.9. The number of nitrogen functional groups attached to an aromatic ring is 1. The van der Waals surface area contributed by atoms with Crippen LogP contribution in [0.15, 0.2) is 18.3 Å². The van der Waals surface area contributed by atoms with E-state index in [0.717, 1.165) is 36.2 Å². The van der Waals surface area contributed by atoms with Crippen LogP contribution in [0.1, 0.15) is 40.9 Å². The molecule has 0 spiro atoms. The van der Waals surface area contributed by atoms with Crippen LogP contribution < -0.4 is 5.73 Å². The maximum absolute atomic E-state index is 12.4. The van der Waals surface area contributed by atoms with Gasteiger partial charge in [0.1, 0.15) is 5.82 Å². The third kappa shape index (κ3) is 1.34. The van der Waals surface area contributed by atoms with E-state index in [1.165, 1.54) is 18.4 Å². The lowest BCUT2D eigenvalue weighted by atomic mass is 9.96. The highest BCUT2D eigenvalue weighted by atomic mass is 16.2. The van der Waals surface area contributed by atoms with Gasteiger partial charge in [-0.15, -0.1) is 0 Å². The zero-order valence-electron chi connectivity index (χ0n) is 10.6. The fourth-order valence-corrected chi connectivity index (χ4v) is 3.32. The van der Waals surface area contributed by atoms with Crippen molar-refractivity contribution in [3.63, 3.8) is 0 Å². The molecule has 3 heterocycles. The van der Waals surface area contributed by atoms with Gasteiger partial charge in [0.05, 0.1) is 11.3 Å². The predicted octanol–water partition coefficient (Wildman–Crippen LogP) is 2.40. The number of rotatable bonds is 0. The second-order valence-corrected chi connectivity index (χ2v) is 5.30. The standard InChI is InChI=1S/C15H15N3O/c16-14-13-12(11-7-4-8-18(11)15(13)19)9-5-2-1-3-6-10(9)17-14/h4,7-8H,1-3,5-6H2,(H2,16,17). The van der Waals surface area contributed by atoms with Crippen LogP contribution in [0.3, 0.4) is 0 Å². The first-order chi connectivity index (χ1) is 9.27. The summed E-state index contributed by atoms with van der Waals surface area (Å²) in [7, 11) is 0. The van der Waals surface area contributed by atoms with Crippen molar-refractivity contribution in [2.24, 2.45) is 0 Å². The van der Waals surface area contributed by atoms with Gasteiger partial charge < -0.3 is 5.73 Å². The zero-order valence-corrected chi connectivity index (χ0v) is 10.6. The van der Waals surface area contributed by atoms with Crippen molar-refractivity contribution >= 4 is 11.7 Å². The molecule has 96 valence electrons. The molecule has 2 N–H and O–H groups in total. The SMILES string of the molecule is Nc1nc2c(c3c1C(=O)n1cccc1-3)CCCCC2. The number of aryl methyl sites for hydroxylation is 1. The first-order valence-corrected chi connectivity index (χ1v) is 6.81. The van der Waals surface area contributed by atoms with Gasteiger partial charge in [-0.25, -0.2) is 4.98 Å². The van der Waals surface area contributed by atoms with E-state index in [-0.39, 0.29) is 5.91 Å². The number of hydrogen-bond acceptors (Lipinski definition) is 3. The predicted molar refractivity (Wildman–Crippen MR) is 73.1 cm³/mol. The van der Waals surface area contributed by atoms with E-state index in [1.807, 2.05) is 12.1 Å². The van der Waals surface area contributed by atoms with E-state index < -0.39 is 0 Å². The van der Waals surface area contributed by atoms with Gasteiger partial charge in [-0.05, 0) is 43.4 Å². The molecule has 1 aliphatic heterocycles. The lowest BCUT2D eigenvalue weighted by Crippen LogP contribution is -2.10. The first kappa shape index (κ1) is 10.8. The summed E-state index contributed by atoms with van der Waals surface area (Å²) in [6.45, 7) is 0. The molecule has 0 unspecified atom stereocenters. The minimum Gasteiger partial charge on any atom is -0.383 e. The lowest BCUT2D eigenvalue weighted by molar-refractivity contribution is 0.0970. The van der Waals surface area contributed by atoms with E-state index in [9.17, 15) is 4.79 Å². The quantitative estimate of drug-likeness (QED) is 0.626. The summed E-state index contributed by atoms with van der Waals surface area (Å²) in [6, 6.07) is 3.91. The average molecular weight is 253 g/mol. The van der Waals surface area contributed by atoms with Crippen LogP contribution in [0.5, 0.6) is 0 Å². The molecule has 0 fully saturated rings. The molecule has 1 aliphatic carbocycles. The molecule has 0 bridgehead atoms. The fraction of sp³-hybridized carbons (Fsp3) is 0.333. The summed E-state index contributed by atoms with van der Waals surface area (Å²) in [5, 5.41) is 0. The largest absolute Gasteiger partial charge is 0.383 e. The number of nitrogens with zero attached hydrogens (tertiary/aromatic N) is 2. The monoisotopic (exact) mass is 253 g/mol. The summed E-state index contributed by atoms with van der Waals surface area (Å²) < 4.78 is 1.69. The van der Waals surface area contributed by atoms with E-state index in [1.54, 1.807) is 10.8 Å². The number of hydrogen-bond donors (Lipinski definition) is 1. The van der Waals surface area contributed by atoms with E-state index in [0.29, 0.717) is 11.4 Å². The number of pyridine rings is 1. The Balaban J connectivity index is 2.07. The molecule has 0 saturated carbocycles. The normalized spacial score (nSPS) is 16.7. The van der Waals surface area contributed by atoms with Crippen molar-refractivity contribution in [3.05, 3.63) is 35.2 Å². The molecule has 0 radical (unpaired) electrons. The van der Waals surface area contributed by atoms with Crippen molar-refractivity contribution in [2.45, 2.75) is 32.1 Å². The second kappa shape index (κ2) is 3.70. The first-order valence-electron chi connectivity index (χ1n) is 6.81. The second-order valence-electron chi connectivity index (χ2n) is 5.30. The molecule has 4 nitrogen and oxygen atoms in total. The van der Waals surface area contributed by atoms with Crippen LogP contribution in [-0.2, 0) is 12.8 Å². The summed E-state index contributed by atoms with van der Waals surface area (Å²) >= 11 is 0. The Hall–Kier alpha value is -2.10.